The lowest BCUT2D eigenvalue weighted by Gasteiger charge is -2.41. The van der Waals surface area contributed by atoms with E-state index in [0.717, 1.165) is 12.2 Å². The van der Waals surface area contributed by atoms with Crippen molar-refractivity contribution in [3.05, 3.63) is 30.3 Å². The highest BCUT2D eigenvalue weighted by Crippen LogP contribution is 2.31. The molecule has 2 aliphatic rings. The number of likely N-dealkylation sites (tertiary alicyclic amines) is 1. The number of aliphatic carboxylic acids is 1. The van der Waals surface area contributed by atoms with Gasteiger partial charge in [-0.2, -0.15) is 0 Å². The Hall–Kier alpha value is -2.08. The first-order valence-electron chi connectivity index (χ1n) is 9.44. The molecule has 1 aliphatic heterocycles. The maximum absolute atomic E-state index is 12.4. The summed E-state index contributed by atoms with van der Waals surface area (Å²) in [7, 11) is 0. The number of hydrogen-bond acceptors (Lipinski definition) is 4. The minimum atomic E-state index is -0.732. The van der Waals surface area contributed by atoms with E-state index in [-0.39, 0.29) is 23.8 Å². The molecule has 1 saturated heterocycles. The van der Waals surface area contributed by atoms with Crippen LogP contribution in [0.4, 0.5) is 0 Å². The van der Waals surface area contributed by atoms with E-state index < -0.39 is 5.97 Å². The molecule has 6 heteroatoms. The molecule has 0 bridgehead atoms. The molecule has 0 unspecified atom stereocenters. The summed E-state index contributed by atoms with van der Waals surface area (Å²) in [4.78, 5) is 25.3. The second-order valence-electron chi connectivity index (χ2n) is 7.14. The van der Waals surface area contributed by atoms with Crippen LogP contribution in [-0.4, -0.2) is 54.3 Å². The number of carboxylic acids is 1. The first-order valence-corrected chi connectivity index (χ1v) is 9.44. The number of ether oxygens (including phenoxy) is 2. The van der Waals surface area contributed by atoms with Crippen molar-refractivity contribution in [1.82, 2.24) is 4.90 Å². The fourth-order valence-electron chi connectivity index (χ4n) is 3.58. The van der Waals surface area contributed by atoms with Crippen molar-refractivity contribution in [2.45, 2.75) is 38.2 Å². The maximum Gasteiger partial charge on any atom is 0.306 e. The lowest BCUT2D eigenvalue weighted by atomic mass is 9.81. The number of carboxylic acid groups (broad SMARTS) is 1. The average molecular weight is 361 g/mol. The van der Waals surface area contributed by atoms with Crippen molar-refractivity contribution >= 4 is 11.9 Å². The Balaban J connectivity index is 1.25. The Morgan fingerprint density at radius 3 is 2.31 bits per heavy atom. The van der Waals surface area contributed by atoms with Crippen LogP contribution in [0.3, 0.4) is 0 Å². The van der Waals surface area contributed by atoms with Crippen LogP contribution in [0, 0.1) is 11.8 Å². The average Bonchev–Trinajstić information content (AvgIpc) is 2.63. The number of nitrogens with zero attached hydrogens (tertiary/aromatic N) is 1. The van der Waals surface area contributed by atoms with E-state index in [2.05, 4.69) is 0 Å². The third-order valence-electron chi connectivity index (χ3n) is 5.24. The topological polar surface area (TPSA) is 76.1 Å². The summed E-state index contributed by atoms with van der Waals surface area (Å²) < 4.78 is 11.4. The van der Waals surface area contributed by atoms with Crippen LogP contribution in [0.5, 0.6) is 5.75 Å². The van der Waals surface area contributed by atoms with Crippen LogP contribution in [0.25, 0.3) is 0 Å². The number of carbonyl (C=O) groups is 2. The van der Waals surface area contributed by atoms with Crippen LogP contribution in [0.1, 0.15) is 32.1 Å². The van der Waals surface area contributed by atoms with Crippen LogP contribution in [-0.2, 0) is 14.3 Å². The van der Waals surface area contributed by atoms with Gasteiger partial charge in [0.1, 0.15) is 5.75 Å². The zero-order valence-corrected chi connectivity index (χ0v) is 15.0. The minimum Gasteiger partial charge on any atom is -0.494 e. The van der Waals surface area contributed by atoms with E-state index in [9.17, 15) is 9.59 Å². The Morgan fingerprint density at radius 2 is 1.65 bits per heavy atom. The molecular weight excluding hydrogens is 334 g/mol. The smallest absolute Gasteiger partial charge is 0.306 e. The zero-order valence-electron chi connectivity index (χ0n) is 15.0. The van der Waals surface area contributed by atoms with E-state index in [1.807, 2.05) is 35.2 Å². The molecular formula is C20H27NO5. The van der Waals surface area contributed by atoms with Crippen LogP contribution in [0.2, 0.25) is 0 Å². The first kappa shape index (κ1) is 18.7. The Bertz CT molecular complexity index is 591. The molecule has 0 spiro atoms. The van der Waals surface area contributed by atoms with Gasteiger partial charge in [-0.25, -0.2) is 0 Å². The third-order valence-corrected chi connectivity index (χ3v) is 5.24. The number of carbonyl (C=O) groups excluding carboxylic acids is 1. The molecule has 1 N–H and O–H groups in total. The highest BCUT2D eigenvalue weighted by atomic mass is 16.5. The van der Waals surface area contributed by atoms with Gasteiger partial charge in [0, 0.05) is 25.4 Å². The van der Waals surface area contributed by atoms with Crippen LogP contribution < -0.4 is 4.74 Å². The van der Waals surface area contributed by atoms with E-state index in [0.29, 0.717) is 52.0 Å². The summed E-state index contributed by atoms with van der Waals surface area (Å²) in [6.07, 6.45) is 3.54. The fourth-order valence-corrected chi connectivity index (χ4v) is 3.58. The van der Waals surface area contributed by atoms with E-state index in [4.69, 9.17) is 14.6 Å². The van der Waals surface area contributed by atoms with Crippen molar-refractivity contribution in [3.8, 4) is 5.75 Å². The van der Waals surface area contributed by atoms with Gasteiger partial charge in [0.05, 0.1) is 25.2 Å². The van der Waals surface area contributed by atoms with Crippen molar-refractivity contribution in [2.75, 3.05) is 26.3 Å². The van der Waals surface area contributed by atoms with Gasteiger partial charge in [-0.15, -0.1) is 0 Å². The summed E-state index contributed by atoms with van der Waals surface area (Å²) in [5, 5.41) is 9.03. The molecule has 1 saturated carbocycles. The van der Waals surface area contributed by atoms with Crippen molar-refractivity contribution in [2.24, 2.45) is 11.8 Å². The number of rotatable bonds is 8. The molecule has 6 nitrogen and oxygen atoms in total. The predicted octanol–water partition coefficient (Wildman–Crippen LogP) is 2.57. The Labute approximate surface area is 154 Å². The minimum absolute atomic E-state index is 0.00850. The van der Waals surface area contributed by atoms with Gasteiger partial charge in [-0.05, 0) is 37.8 Å². The normalized spacial score (nSPS) is 23.3. The van der Waals surface area contributed by atoms with Crippen LogP contribution in [0.15, 0.2) is 30.3 Å². The molecule has 0 aromatic heterocycles. The number of amides is 1. The maximum atomic E-state index is 12.4. The monoisotopic (exact) mass is 361 g/mol. The first-order chi connectivity index (χ1) is 12.6. The molecule has 142 valence electrons. The van der Waals surface area contributed by atoms with Gasteiger partial charge in [0.2, 0.25) is 5.91 Å². The lowest BCUT2D eigenvalue weighted by molar-refractivity contribution is -0.153. The number of para-hydroxylation sites is 1. The predicted molar refractivity (Wildman–Crippen MR) is 96.0 cm³/mol. The van der Waals surface area contributed by atoms with Gasteiger partial charge in [0.15, 0.2) is 0 Å². The molecule has 26 heavy (non-hydrogen) atoms. The largest absolute Gasteiger partial charge is 0.494 e. The molecule has 0 atom stereocenters. The van der Waals surface area contributed by atoms with Crippen molar-refractivity contribution in [3.63, 3.8) is 0 Å². The van der Waals surface area contributed by atoms with Crippen molar-refractivity contribution in [1.29, 1.82) is 0 Å². The molecule has 1 aromatic rings. The van der Waals surface area contributed by atoms with E-state index in [1.54, 1.807) is 0 Å². The SMILES string of the molecule is O=C(O)C1CCC(C(=O)N2CC(OCCCOc3ccccc3)C2)CC1. The highest BCUT2D eigenvalue weighted by molar-refractivity contribution is 5.80. The molecule has 0 radical (unpaired) electrons. The van der Waals surface area contributed by atoms with Gasteiger partial charge in [0.25, 0.3) is 0 Å². The Morgan fingerprint density at radius 1 is 1.00 bits per heavy atom. The summed E-state index contributed by atoms with van der Waals surface area (Å²) in [6, 6.07) is 9.71. The second kappa shape index (κ2) is 9.03. The molecule has 1 aromatic carbocycles. The molecule has 1 aliphatic carbocycles. The standard InChI is InChI=1S/C20H27NO5/c22-19(15-7-9-16(10-8-15)20(23)24)21-13-18(14-21)26-12-4-11-25-17-5-2-1-3-6-17/h1-3,5-6,15-16,18H,4,7-14H2,(H,23,24). The van der Waals surface area contributed by atoms with E-state index in [1.165, 1.54) is 0 Å². The molecule has 2 fully saturated rings. The quantitative estimate of drug-likeness (QED) is 0.720. The Kier molecular flexibility index (Phi) is 6.50. The van der Waals surface area contributed by atoms with E-state index >= 15 is 0 Å². The number of benzene rings is 1. The van der Waals surface area contributed by atoms with Gasteiger partial charge in [-0.1, -0.05) is 18.2 Å². The summed E-state index contributed by atoms with van der Waals surface area (Å²) >= 11 is 0. The summed E-state index contributed by atoms with van der Waals surface area (Å²) in [5.41, 5.74) is 0. The molecule has 1 amide bonds. The van der Waals surface area contributed by atoms with Crippen molar-refractivity contribution < 1.29 is 24.2 Å². The van der Waals surface area contributed by atoms with Gasteiger partial charge < -0.3 is 19.5 Å². The zero-order chi connectivity index (χ0) is 18.4. The van der Waals surface area contributed by atoms with Gasteiger partial charge >= 0.3 is 5.97 Å². The molecule has 1 heterocycles. The van der Waals surface area contributed by atoms with Gasteiger partial charge in [-0.3, -0.25) is 9.59 Å². The van der Waals surface area contributed by atoms with Crippen LogP contribution >= 0.6 is 0 Å². The lowest BCUT2D eigenvalue weighted by Crippen LogP contribution is -2.56. The summed E-state index contributed by atoms with van der Waals surface area (Å²) in [6.45, 7) is 2.55. The third kappa shape index (κ3) is 4.97. The fraction of sp³-hybridized carbons (Fsp3) is 0.600. The highest BCUT2D eigenvalue weighted by Gasteiger charge is 2.37. The second-order valence-corrected chi connectivity index (χ2v) is 7.14. The summed E-state index contributed by atoms with van der Waals surface area (Å²) in [5.74, 6) is 0.0200. The molecule has 3 rings (SSSR count). The number of hydrogen-bond donors (Lipinski definition) is 1.